The fraction of sp³-hybridized carbons (Fsp3) is 0.261. The highest BCUT2D eigenvalue weighted by atomic mass is 79.9. The Kier molecular flexibility index (Phi) is 7.01. The summed E-state index contributed by atoms with van der Waals surface area (Å²) in [5, 5.41) is 2.25. The third kappa shape index (κ3) is 5.07. The Morgan fingerprint density at radius 2 is 1.68 bits per heavy atom. The van der Waals surface area contributed by atoms with Crippen molar-refractivity contribution in [2.24, 2.45) is 5.92 Å². The van der Waals surface area contributed by atoms with E-state index < -0.39 is 17.8 Å². The third-order valence-electron chi connectivity index (χ3n) is 4.74. The van der Waals surface area contributed by atoms with E-state index in [1.165, 1.54) is 6.08 Å². The molecule has 1 saturated heterocycles. The van der Waals surface area contributed by atoms with Crippen molar-refractivity contribution in [2.75, 3.05) is 11.5 Å². The average Bonchev–Trinajstić information content (AvgIpc) is 2.67. The van der Waals surface area contributed by atoms with E-state index in [0.717, 1.165) is 16.0 Å². The topological polar surface area (TPSA) is 75.7 Å². The molecule has 0 saturated carbocycles. The van der Waals surface area contributed by atoms with E-state index in [-0.39, 0.29) is 5.57 Å². The van der Waals surface area contributed by atoms with Crippen molar-refractivity contribution >= 4 is 61.5 Å². The van der Waals surface area contributed by atoms with Crippen LogP contribution >= 0.6 is 31.9 Å². The molecule has 4 amide bonds. The number of carbonyl (C=O) groups is 3. The highest BCUT2D eigenvalue weighted by Crippen LogP contribution is 2.36. The molecular formula is C23H22Br2N2O4. The van der Waals surface area contributed by atoms with Crippen molar-refractivity contribution in [1.82, 2.24) is 5.32 Å². The summed E-state index contributed by atoms with van der Waals surface area (Å²) >= 11 is 6.96. The molecule has 1 N–H and O–H groups in total. The van der Waals surface area contributed by atoms with Gasteiger partial charge in [0.1, 0.15) is 11.3 Å². The zero-order valence-corrected chi connectivity index (χ0v) is 20.8. The van der Waals surface area contributed by atoms with Gasteiger partial charge in [-0.2, -0.15) is 0 Å². The first kappa shape index (κ1) is 23.2. The fourth-order valence-corrected chi connectivity index (χ4v) is 4.42. The Balaban J connectivity index is 1.97. The van der Waals surface area contributed by atoms with E-state index in [9.17, 15) is 14.4 Å². The van der Waals surface area contributed by atoms with Crippen LogP contribution in [0.25, 0.3) is 6.08 Å². The van der Waals surface area contributed by atoms with Crippen LogP contribution in [0.15, 0.2) is 44.9 Å². The van der Waals surface area contributed by atoms with Crippen molar-refractivity contribution in [3.8, 4) is 5.75 Å². The van der Waals surface area contributed by atoms with Crippen LogP contribution in [0.4, 0.5) is 10.5 Å². The number of rotatable bonds is 5. The molecule has 1 heterocycles. The smallest absolute Gasteiger partial charge is 0.335 e. The largest absolute Gasteiger partial charge is 0.491 e. The predicted octanol–water partition coefficient (Wildman–Crippen LogP) is 5.53. The number of hydrogen-bond donors (Lipinski definition) is 1. The van der Waals surface area contributed by atoms with Gasteiger partial charge in [-0.15, -0.1) is 0 Å². The zero-order chi connectivity index (χ0) is 22.9. The van der Waals surface area contributed by atoms with Crippen LogP contribution in [0.5, 0.6) is 5.75 Å². The summed E-state index contributed by atoms with van der Waals surface area (Å²) in [4.78, 5) is 38.9. The number of hydrogen-bond acceptors (Lipinski definition) is 4. The van der Waals surface area contributed by atoms with Crippen molar-refractivity contribution in [2.45, 2.75) is 27.7 Å². The SMILES string of the molecule is Cc1ccc(N2C(=O)NC(=O)/C(=C\c3cc(Br)c(OCC(C)C)c(Br)c3)C2=O)cc1C. The summed E-state index contributed by atoms with van der Waals surface area (Å²) in [5.41, 5.74) is 2.85. The summed E-state index contributed by atoms with van der Waals surface area (Å²) in [6.07, 6.45) is 1.46. The number of aryl methyl sites for hydroxylation is 2. The molecule has 8 heteroatoms. The minimum absolute atomic E-state index is 0.132. The molecule has 6 nitrogen and oxygen atoms in total. The molecule has 0 radical (unpaired) electrons. The lowest BCUT2D eigenvalue weighted by atomic mass is 10.0. The van der Waals surface area contributed by atoms with Gasteiger partial charge in [0.2, 0.25) is 0 Å². The number of imide groups is 2. The maximum Gasteiger partial charge on any atom is 0.335 e. The minimum atomic E-state index is -0.768. The van der Waals surface area contributed by atoms with Gasteiger partial charge in [0.25, 0.3) is 11.8 Å². The summed E-state index contributed by atoms with van der Waals surface area (Å²) in [6.45, 7) is 8.49. The van der Waals surface area contributed by atoms with Gasteiger partial charge in [-0.05, 0) is 98.7 Å². The van der Waals surface area contributed by atoms with Gasteiger partial charge in [-0.3, -0.25) is 14.9 Å². The zero-order valence-electron chi connectivity index (χ0n) is 17.6. The number of anilines is 1. The number of barbiturate groups is 1. The van der Waals surface area contributed by atoms with Gasteiger partial charge in [-0.1, -0.05) is 19.9 Å². The second kappa shape index (κ2) is 9.36. The highest BCUT2D eigenvalue weighted by molar-refractivity contribution is 9.11. The molecule has 31 heavy (non-hydrogen) atoms. The lowest BCUT2D eigenvalue weighted by Gasteiger charge is -2.27. The molecule has 2 aromatic carbocycles. The maximum atomic E-state index is 13.1. The maximum absolute atomic E-state index is 13.1. The second-order valence-electron chi connectivity index (χ2n) is 7.74. The molecule has 0 unspecified atom stereocenters. The molecule has 1 aliphatic heterocycles. The second-order valence-corrected chi connectivity index (χ2v) is 9.45. The van der Waals surface area contributed by atoms with Gasteiger partial charge >= 0.3 is 6.03 Å². The number of ether oxygens (including phenoxy) is 1. The molecule has 0 aromatic heterocycles. The molecule has 3 rings (SSSR count). The number of nitrogens with one attached hydrogen (secondary N) is 1. The van der Waals surface area contributed by atoms with E-state index in [4.69, 9.17) is 4.74 Å². The van der Waals surface area contributed by atoms with Crippen LogP contribution in [-0.4, -0.2) is 24.5 Å². The fourth-order valence-electron chi connectivity index (χ4n) is 2.97. The van der Waals surface area contributed by atoms with Gasteiger partial charge in [0.05, 0.1) is 21.2 Å². The minimum Gasteiger partial charge on any atom is -0.491 e. The third-order valence-corrected chi connectivity index (χ3v) is 5.92. The van der Waals surface area contributed by atoms with Crippen molar-refractivity contribution in [1.29, 1.82) is 0 Å². The van der Waals surface area contributed by atoms with Gasteiger partial charge < -0.3 is 4.74 Å². The van der Waals surface area contributed by atoms with E-state index in [1.807, 2.05) is 19.9 Å². The number of urea groups is 1. The molecule has 1 aliphatic rings. The first-order valence-corrected chi connectivity index (χ1v) is 11.3. The molecule has 2 aromatic rings. The monoisotopic (exact) mass is 548 g/mol. The Morgan fingerprint density at radius 1 is 1.03 bits per heavy atom. The van der Waals surface area contributed by atoms with Crippen LogP contribution in [-0.2, 0) is 9.59 Å². The van der Waals surface area contributed by atoms with Gasteiger partial charge in [-0.25, -0.2) is 9.69 Å². The quantitative estimate of drug-likeness (QED) is 0.393. The average molecular weight is 550 g/mol. The van der Waals surface area contributed by atoms with Crippen LogP contribution in [0.2, 0.25) is 0 Å². The standard InChI is InChI=1S/C23H22Br2N2O4/c1-12(2)11-31-20-18(24)9-15(10-19(20)25)8-17-21(28)26-23(30)27(22(17)29)16-6-5-13(3)14(4)7-16/h5-10,12H,11H2,1-4H3,(H,26,28,30)/b17-8+. The van der Waals surface area contributed by atoms with Crippen LogP contribution in [0, 0.1) is 19.8 Å². The Bertz CT molecular complexity index is 1090. The van der Waals surface area contributed by atoms with Crippen molar-refractivity contribution in [3.63, 3.8) is 0 Å². The summed E-state index contributed by atoms with van der Waals surface area (Å²) < 4.78 is 7.17. The molecule has 162 valence electrons. The van der Waals surface area contributed by atoms with Gasteiger partial charge in [0, 0.05) is 0 Å². The van der Waals surface area contributed by atoms with Crippen LogP contribution in [0.1, 0.15) is 30.5 Å². The summed E-state index contributed by atoms with van der Waals surface area (Å²) in [7, 11) is 0. The van der Waals surface area contributed by atoms with Gasteiger partial charge in [0.15, 0.2) is 0 Å². The van der Waals surface area contributed by atoms with E-state index in [2.05, 4.69) is 51.0 Å². The number of benzene rings is 2. The lowest BCUT2D eigenvalue weighted by Crippen LogP contribution is -2.54. The molecule has 0 aliphatic carbocycles. The molecule has 0 spiro atoms. The van der Waals surface area contributed by atoms with Crippen LogP contribution < -0.4 is 15.0 Å². The number of carbonyl (C=O) groups excluding carboxylic acids is 3. The molecule has 0 bridgehead atoms. The highest BCUT2D eigenvalue weighted by Gasteiger charge is 2.37. The van der Waals surface area contributed by atoms with E-state index >= 15 is 0 Å². The lowest BCUT2D eigenvalue weighted by molar-refractivity contribution is -0.122. The van der Waals surface area contributed by atoms with E-state index in [0.29, 0.717) is 38.5 Å². The van der Waals surface area contributed by atoms with Crippen molar-refractivity contribution in [3.05, 3.63) is 61.5 Å². The first-order valence-electron chi connectivity index (χ1n) is 9.69. The molecule has 0 atom stereocenters. The van der Waals surface area contributed by atoms with Crippen molar-refractivity contribution < 1.29 is 19.1 Å². The first-order chi connectivity index (χ1) is 14.6. The number of nitrogens with zero attached hydrogens (tertiary/aromatic N) is 1. The Labute approximate surface area is 197 Å². The van der Waals surface area contributed by atoms with E-state index in [1.54, 1.807) is 24.3 Å². The Hall–Kier alpha value is -2.45. The Morgan fingerprint density at radius 3 is 2.26 bits per heavy atom. The summed E-state index contributed by atoms with van der Waals surface area (Å²) in [5.74, 6) is -0.410. The molecular weight excluding hydrogens is 528 g/mol. The number of halogens is 2. The molecule has 1 fully saturated rings. The summed E-state index contributed by atoms with van der Waals surface area (Å²) in [6, 6.07) is 8.00. The normalized spacial score (nSPS) is 15.6. The number of amides is 4. The predicted molar refractivity (Wildman–Crippen MR) is 127 cm³/mol. The van der Waals surface area contributed by atoms with Crippen LogP contribution in [0.3, 0.4) is 0 Å².